The number of nitrogens with one attached hydrogen (secondary N) is 4. The lowest BCUT2D eigenvalue weighted by Gasteiger charge is -2.14. The van der Waals surface area contributed by atoms with Gasteiger partial charge in [0.15, 0.2) is 0 Å². The summed E-state index contributed by atoms with van der Waals surface area (Å²) in [4.78, 5) is 35.2. The largest absolute Gasteiger partial charge is 0.497 e. The average Bonchev–Trinajstić information content (AvgIpc) is 3.65. The fourth-order valence-corrected chi connectivity index (χ4v) is 5.87. The number of hydrogen-bond donors (Lipinski definition) is 4. The van der Waals surface area contributed by atoms with Crippen LogP contribution in [0.1, 0.15) is 10.4 Å². The molecule has 0 aliphatic rings. The fraction of sp³-hybridized carbons (Fsp3) is 0.119. The van der Waals surface area contributed by atoms with Crippen LogP contribution in [0.3, 0.4) is 0 Å². The Morgan fingerprint density at radius 2 is 1.52 bits per heavy atom. The first kappa shape index (κ1) is 36.9. The fourth-order valence-electron chi connectivity index (χ4n) is 5.87. The molecule has 0 saturated heterocycles. The van der Waals surface area contributed by atoms with E-state index in [4.69, 9.17) is 24.0 Å². The van der Waals surface area contributed by atoms with Gasteiger partial charge in [-0.2, -0.15) is 10.1 Å². The molecule has 5 aromatic carbocycles. The van der Waals surface area contributed by atoms with E-state index in [9.17, 15) is 9.59 Å². The van der Waals surface area contributed by atoms with Gasteiger partial charge < -0.3 is 34.9 Å². The van der Waals surface area contributed by atoms with Crippen LogP contribution in [-0.4, -0.2) is 66.2 Å². The molecule has 7 rings (SSSR count). The lowest BCUT2D eigenvalue weighted by Crippen LogP contribution is -2.27. The molecule has 282 valence electrons. The van der Waals surface area contributed by atoms with Crippen molar-refractivity contribution in [1.82, 2.24) is 25.1 Å². The van der Waals surface area contributed by atoms with Crippen molar-refractivity contribution in [2.24, 2.45) is 0 Å². The smallest absolute Gasteiger partial charge is 0.324 e. The number of nitrogens with zero attached hydrogens (tertiary/aromatic N) is 4. The first-order chi connectivity index (χ1) is 27.4. The van der Waals surface area contributed by atoms with Gasteiger partial charge in [-0.1, -0.05) is 54.6 Å². The van der Waals surface area contributed by atoms with Gasteiger partial charge >= 0.3 is 6.03 Å². The number of anilines is 4. The summed E-state index contributed by atoms with van der Waals surface area (Å²) >= 11 is 0. The molecule has 0 aliphatic heterocycles. The quantitative estimate of drug-likeness (QED) is 0.0800. The lowest BCUT2D eigenvalue weighted by atomic mass is 10.1. The van der Waals surface area contributed by atoms with Gasteiger partial charge in [0.2, 0.25) is 11.8 Å². The third kappa shape index (κ3) is 8.67. The van der Waals surface area contributed by atoms with E-state index in [1.54, 1.807) is 61.5 Å². The van der Waals surface area contributed by atoms with Crippen LogP contribution >= 0.6 is 0 Å². The number of urea groups is 1. The molecule has 4 N–H and O–H groups in total. The van der Waals surface area contributed by atoms with Gasteiger partial charge in [-0.3, -0.25) is 10.1 Å². The zero-order chi connectivity index (χ0) is 38.9. The van der Waals surface area contributed by atoms with Gasteiger partial charge in [-0.25, -0.2) is 14.5 Å². The molecule has 2 aromatic heterocycles. The number of fused-ring (bicyclic) bond motifs is 1. The summed E-state index contributed by atoms with van der Waals surface area (Å²) in [7, 11) is 4.70. The molecule has 0 spiro atoms. The number of hydrogen-bond acceptors (Lipinski definition) is 10. The van der Waals surface area contributed by atoms with Crippen LogP contribution in [0.5, 0.6) is 23.1 Å². The van der Waals surface area contributed by atoms with Gasteiger partial charge in [0.25, 0.3) is 5.91 Å². The van der Waals surface area contributed by atoms with Gasteiger partial charge in [0, 0.05) is 65.6 Å². The summed E-state index contributed by atoms with van der Waals surface area (Å²) in [6.45, 7) is 0.755. The summed E-state index contributed by atoms with van der Waals surface area (Å²) in [5.41, 5.74) is 3.84. The number of aromatic nitrogens is 4. The van der Waals surface area contributed by atoms with Crippen molar-refractivity contribution >= 4 is 45.9 Å². The number of benzene rings is 5. The lowest BCUT2D eigenvalue weighted by molar-refractivity contribution is 0.0936. The Balaban J connectivity index is 1.09. The molecule has 7 aromatic rings. The molecular weight excluding hydrogens is 713 g/mol. The van der Waals surface area contributed by atoms with Gasteiger partial charge in [0.1, 0.15) is 23.1 Å². The van der Waals surface area contributed by atoms with Gasteiger partial charge in [-0.15, -0.1) is 0 Å². The maximum Gasteiger partial charge on any atom is 0.324 e. The van der Waals surface area contributed by atoms with Crippen molar-refractivity contribution in [2.45, 2.75) is 0 Å². The highest BCUT2D eigenvalue weighted by Crippen LogP contribution is 2.35. The van der Waals surface area contributed by atoms with Crippen LogP contribution in [0.2, 0.25) is 0 Å². The number of carbonyl (C=O) groups is 2. The highest BCUT2D eigenvalue weighted by Gasteiger charge is 2.17. The number of methoxy groups -OCH3 is 3. The minimum absolute atomic E-state index is 0.241. The predicted octanol–water partition coefficient (Wildman–Crippen LogP) is 8.06. The summed E-state index contributed by atoms with van der Waals surface area (Å²) in [5, 5.41) is 18.2. The van der Waals surface area contributed by atoms with Crippen molar-refractivity contribution in [3.8, 4) is 40.1 Å². The van der Waals surface area contributed by atoms with Crippen LogP contribution < -0.4 is 35.5 Å². The van der Waals surface area contributed by atoms with Crippen LogP contribution in [0.15, 0.2) is 128 Å². The third-order valence-electron chi connectivity index (χ3n) is 8.57. The molecule has 3 amide bonds. The molecule has 0 saturated carbocycles. The van der Waals surface area contributed by atoms with E-state index >= 15 is 0 Å². The predicted molar refractivity (Wildman–Crippen MR) is 215 cm³/mol. The molecule has 56 heavy (non-hydrogen) atoms. The van der Waals surface area contributed by atoms with Crippen molar-refractivity contribution in [1.29, 1.82) is 0 Å². The molecule has 0 atom stereocenters. The maximum atomic E-state index is 13.6. The standard InChI is InChI=1S/C42H38N8O6/c1-53-22-21-43-40(51)28-23-29(25-32(24-28)55-3)45-41-44-20-19-39(48-41)56-37-18-17-35(33-11-7-8-12-34(33)37)46-42(52)47-38-26-36(27-9-5-4-6-10-27)49-50(38)30-13-15-31(54-2)16-14-30/h4-20,23-26H,21-22H2,1-3H3,(H,43,51)(H,44,45,48)(H2,46,47,52). The van der Waals surface area contributed by atoms with Gasteiger partial charge in [-0.05, 0) is 48.5 Å². The zero-order valence-corrected chi connectivity index (χ0v) is 30.8. The Kier molecular flexibility index (Phi) is 11.3. The Labute approximate surface area is 322 Å². The number of carbonyl (C=O) groups excluding carboxylic acids is 2. The second-order valence-electron chi connectivity index (χ2n) is 12.3. The molecule has 14 nitrogen and oxygen atoms in total. The van der Waals surface area contributed by atoms with E-state index in [-0.39, 0.29) is 17.7 Å². The van der Waals surface area contributed by atoms with Crippen molar-refractivity contribution in [3.63, 3.8) is 0 Å². The van der Waals surface area contributed by atoms with E-state index in [1.165, 1.54) is 7.11 Å². The third-order valence-corrected chi connectivity index (χ3v) is 8.57. The number of rotatable bonds is 14. The van der Waals surface area contributed by atoms with Crippen LogP contribution in [0.4, 0.5) is 27.9 Å². The van der Waals surface area contributed by atoms with E-state index in [0.717, 1.165) is 22.0 Å². The molecular formula is C42H38N8O6. The Morgan fingerprint density at radius 1 is 0.750 bits per heavy atom. The minimum atomic E-state index is -0.460. The number of ether oxygens (including phenoxy) is 4. The average molecular weight is 751 g/mol. The SMILES string of the molecule is COCCNC(=O)c1cc(Nc2nccc(Oc3ccc(NC(=O)Nc4cc(-c5ccccc5)nn4-c4ccc(OC)cc4)c4ccccc34)n2)cc(OC)c1. The molecule has 0 aliphatic carbocycles. The monoisotopic (exact) mass is 750 g/mol. The molecule has 14 heteroatoms. The summed E-state index contributed by atoms with van der Waals surface area (Å²) in [6.07, 6.45) is 1.56. The van der Waals surface area contributed by atoms with E-state index in [0.29, 0.717) is 58.9 Å². The summed E-state index contributed by atoms with van der Waals surface area (Å²) < 4.78 is 23.7. The van der Waals surface area contributed by atoms with Crippen LogP contribution in [0.25, 0.3) is 27.7 Å². The molecule has 0 fully saturated rings. The van der Waals surface area contributed by atoms with Crippen molar-refractivity contribution < 1.29 is 28.5 Å². The normalized spacial score (nSPS) is 10.8. The zero-order valence-electron chi connectivity index (χ0n) is 30.8. The van der Waals surface area contributed by atoms with E-state index < -0.39 is 6.03 Å². The second-order valence-corrected chi connectivity index (χ2v) is 12.3. The summed E-state index contributed by atoms with van der Waals surface area (Å²) in [5.74, 6) is 2.40. The van der Waals surface area contributed by atoms with E-state index in [2.05, 4.69) is 31.2 Å². The molecule has 0 radical (unpaired) electrons. The topological polar surface area (TPSA) is 163 Å². The highest BCUT2D eigenvalue weighted by molar-refractivity contribution is 6.07. The Hall–Kier alpha value is -7.45. The van der Waals surface area contributed by atoms with E-state index in [1.807, 2.05) is 84.9 Å². The first-order valence-corrected chi connectivity index (χ1v) is 17.5. The summed E-state index contributed by atoms with van der Waals surface area (Å²) in [6, 6.07) is 36.3. The highest BCUT2D eigenvalue weighted by atomic mass is 16.5. The molecule has 2 heterocycles. The van der Waals surface area contributed by atoms with Crippen LogP contribution in [0, 0.1) is 0 Å². The Morgan fingerprint density at radius 3 is 2.29 bits per heavy atom. The molecule has 0 bridgehead atoms. The van der Waals surface area contributed by atoms with Gasteiger partial charge in [0.05, 0.1) is 37.9 Å². The number of amides is 3. The Bertz CT molecular complexity index is 2470. The van der Waals surface area contributed by atoms with Crippen molar-refractivity contribution in [2.75, 3.05) is 50.4 Å². The van der Waals surface area contributed by atoms with Crippen LogP contribution in [-0.2, 0) is 4.74 Å². The molecule has 0 unspecified atom stereocenters. The van der Waals surface area contributed by atoms with Crippen molar-refractivity contribution in [3.05, 3.63) is 133 Å². The maximum absolute atomic E-state index is 13.6. The first-order valence-electron chi connectivity index (χ1n) is 17.5. The minimum Gasteiger partial charge on any atom is -0.497 e. The second kappa shape index (κ2) is 17.1.